The van der Waals surface area contributed by atoms with Gasteiger partial charge in [-0.3, -0.25) is 0 Å². The number of halogens is 1. The van der Waals surface area contributed by atoms with Crippen LogP contribution < -0.4 is 0 Å². The second kappa shape index (κ2) is 7.22. The first kappa shape index (κ1) is 16.9. The van der Waals surface area contributed by atoms with Crippen LogP contribution in [0, 0.1) is 0 Å². The predicted molar refractivity (Wildman–Crippen MR) is 86.5 cm³/mol. The van der Waals surface area contributed by atoms with Gasteiger partial charge in [-0.2, -0.15) is 4.31 Å². The molecule has 0 aromatic heterocycles. The molecule has 0 bridgehead atoms. The second-order valence-corrected chi connectivity index (χ2v) is 8.19. The molecule has 1 aliphatic rings. The van der Waals surface area contributed by atoms with E-state index in [-0.39, 0.29) is 12.6 Å². The second-order valence-electron chi connectivity index (χ2n) is 5.48. The Balaban J connectivity index is 2.35. The molecule has 0 saturated carbocycles. The minimum absolute atomic E-state index is 0.0961. The molecule has 0 amide bonds. The normalized spacial score (nSPS) is 20.6. The number of rotatable bonds is 5. The van der Waals surface area contributed by atoms with Crippen LogP contribution in [0.25, 0.3) is 0 Å². The number of hydrogen-bond acceptors (Lipinski definition) is 3. The first-order valence-corrected chi connectivity index (χ1v) is 9.65. The highest BCUT2D eigenvalue weighted by Crippen LogP contribution is 2.31. The summed E-state index contributed by atoms with van der Waals surface area (Å²) in [4.78, 5) is 0.294. The number of aliphatic hydroxyl groups excluding tert-OH is 1. The maximum Gasteiger partial charge on any atom is 0.244 e. The van der Waals surface area contributed by atoms with Gasteiger partial charge in [-0.15, -0.1) is 0 Å². The largest absolute Gasteiger partial charge is 0.392 e. The van der Waals surface area contributed by atoms with Crippen LogP contribution in [0.4, 0.5) is 0 Å². The average Bonchev–Trinajstić information content (AvgIpc) is 2.47. The molecule has 21 heavy (non-hydrogen) atoms. The summed E-state index contributed by atoms with van der Waals surface area (Å²) in [5.41, 5.74) is 0.699. The van der Waals surface area contributed by atoms with Gasteiger partial charge >= 0.3 is 0 Å². The summed E-state index contributed by atoms with van der Waals surface area (Å²) in [6.45, 7) is 2.59. The van der Waals surface area contributed by atoms with Crippen molar-refractivity contribution in [1.29, 1.82) is 0 Å². The molecular weight excluding hydrogens is 354 g/mol. The van der Waals surface area contributed by atoms with E-state index in [9.17, 15) is 8.42 Å². The molecule has 1 aliphatic heterocycles. The number of nitrogens with zero attached hydrogens (tertiary/aromatic N) is 1. The van der Waals surface area contributed by atoms with E-state index in [1.807, 2.05) is 0 Å². The number of aliphatic hydroxyl groups is 1. The molecule has 1 aromatic rings. The van der Waals surface area contributed by atoms with E-state index >= 15 is 0 Å². The standard InChI is InChI=1S/C15H22BrNO3S/c1-2-5-13-6-3-4-9-17(13)21(19,20)15-8-7-12(11-18)10-14(15)16/h7-8,10,13,18H,2-6,9,11H2,1H3. The van der Waals surface area contributed by atoms with Crippen molar-refractivity contribution in [1.82, 2.24) is 4.31 Å². The predicted octanol–water partition coefficient (Wildman–Crippen LogP) is 3.28. The van der Waals surface area contributed by atoms with Crippen molar-refractivity contribution in [2.24, 2.45) is 0 Å². The molecule has 1 heterocycles. The van der Waals surface area contributed by atoms with E-state index in [0.29, 0.717) is 21.5 Å². The monoisotopic (exact) mass is 375 g/mol. The Bertz CT molecular complexity index is 587. The van der Waals surface area contributed by atoms with Gasteiger partial charge in [-0.1, -0.05) is 25.8 Å². The van der Waals surface area contributed by atoms with Crippen LogP contribution in [0.2, 0.25) is 0 Å². The summed E-state index contributed by atoms with van der Waals surface area (Å²) in [5, 5.41) is 9.14. The molecule has 4 nitrogen and oxygen atoms in total. The van der Waals surface area contributed by atoms with Crippen molar-refractivity contribution >= 4 is 26.0 Å². The molecule has 1 atom stereocenters. The fourth-order valence-corrected chi connectivity index (χ4v) is 5.70. The molecule has 1 N–H and O–H groups in total. The lowest BCUT2D eigenvalue weighted by Gasteiger charge is -2.34. The topological polar surface area (TPSA) is 57.6 Å². The minimum atomic E-state index is -3.48. The van der Waals surface area contributed by atoms with Crippen LogP contribution in [0.5, 0.6) is 0 Å². The van der Waals surface area contributed by atoms with E-state index in [2.05, 4.69) is 22.9 Å². The maximum absolute atomic E-state index is 12.9. The van der Waals surface area contributed by atoms with Crippen molar-refractivity contribution < 1.29 is 13.5 Å². The number of piperidine rings is 1. The Hall–Kier alpha value is -0.430. The lowest BCUT2D eigenvalue weighted by Crippen LogP contribution is -2.43. The minimum Gasteiger partial charge on any atom is -0.392 e. The van der Waals surface area contributed by atoms with E-state index < -0.39 is 10.0 Å². The third kappa shape index (κ3) is 3.67. The van der Waals surface area contributed by atoms with Gasteiger partial charge in [0.1, 0.15) is 0 Å². The van der Waals surface area contributed by atoms with Crippen LogP contribution >= 0.6 is 15.9 Å². The number of benzene rings is 1. The Morgan fingerprint density at radius 3 is 2.76 bits per heavy atom. The highest BCUT2D eigenvalue weighted by molar-refractivity contribution is 9.10. The highest BCUT2D eigenvalue weighted by atomic mass is 79.9. The van der Waals surface area contributed by atoms with Crippen molar-refractivity contribution in [3.63, 3.8) is 0 Å². The van der Waals surface area contributed by atoms with Crippen LogP contribution in [-0.2, 0) is 16.6 Å². The van der Waals surface area contributed by atoms with Gasteiger partial charge in [0.15, 0.2) is 0 Å². The van der Waals surface area contributed by atoms with Crippen LogP contribution in [0.15, 0.2) is 27.6 Å². The van der Waals surface area contributed by atoms with E-state index in [4.69, 9.17) is 5.11 Å². The van der Waals surface area contributed by atoms with Gasteiger partial charge in [0.25, 0.3) is 0 Å². The molecule has 1 aromatic carbocycles. The third-order valence-corrected chi connectivity index (χ3v) is 6.89. The van der Waals surface area contributed by atoms with Gasteiger partial charge < -0.3 is 5.11 Å². The van der Waals surface area contributed by atoms with Crippen molar-refractivity contribution in [3.8, 4) is 0 Å². The summed E-state index contributed by atoms with van der Waals surface area (Å²) in [5.74, 6) is 0. The first-order chi connectivity index (χ1) is 10.0. The summed E-state index contributed by atoms with van der Waals surface area (Å²) in [6, 6.07) is 5.03. The summed E-state index contributed by atoms with van der Waals surface area (Å²) in [6.07, 6.45) is 4.86. The van der Waals surface area contributed by atoms with Crippen LogP contribution in [0.3, 0.4) is 0 Å². The summed E-state index contributed by atoms with van der Waals surface area (Å²) in [7, 11) is -3.48. The summed E-state index contributed by atoms with van der Waals surface area (Å²) >= 11 is 3.33. The molecule has 0 aliphatic carbocycles. The number of sulfonamides is 1. The SMILES string of the molecule is CCCC1CCCCN1S(=O)(=O)c1ccc(CO)cc1Br. The fraction of sp³-hybridized carbons (Fsp3) is 0.600. The van der Waals surface area contributed by atoms with Gasteiger partial charge in [0, 0.05) is 17.1 Å². The average molecular weight is 376 g/mol. The molecule has 118 valence electrons. The van der Waals surface area contributed by atoms with E-state index in [0.717, 1.165) is 32.1 Å². The Kier molecular flexibility index (Phi) is 5.82. The zero-order chi connectivity index (χ0) is 15.5. The van der Waals surface area contributed by atoms with Gasteiger partial charge in [-0.25, -0.2) is 8.42 Å². The van der Waals surface area contributed by atoms with E-state index in [1.165, 1.54) is 0 Å². The zero-order valence-electron chi connectivity index (χ0n) is 12.3. The van der Waals surface area contributed by atoms with Crippen LogP contribution in [-0.4, -0.2) is 30.4 Å². The smallest absolute Gasteiger partial charge is 0.244 e. The zero-order valence-corrected chi connectivity index (χ0v) is 14.7. The lowest BCUT2D eigenvalue weighted by atomic mass is 10.0. The van der Waals surface area contributed by atoms with Crippen molar-refractivity contribution in [2.75, 3.05) is 6.54 Å². The quantitative estimate of drug-likeness (QED) is 0.858. The molecule has 0 spiro atoms. The first-order valence-electron chi connectivity index (χ1n) is 7.41. The molecule has 1 unspecified atom stereocenters. The van der Waals surface area contributed by atoms with E-state index in [1.54, 1.807) is 22.5 Å². The molecule has 6 heteroatoms. The van der Waals surface area contributed by atoms with Crippen LogP contribution in [0.1, 0.15) is 44.6 Å². The fourth-order valence-electron chi connectivity index (χ4n) is 2.89. The van der Waals surface area contributed by atoms with Crippen molar-refractivity contribution in [2.45, 2.75) is 56.6 Å². The molecule has 2 rings (SSSR count). The van der Waals surface area contributed by atoms with Gasteiger partial charge in [-0.05, 0) is 52.9 Å². The Morgan fingerprint density at radius 2 is 2.14 bits per heavy atom. The van der Waals surface area contributed by atoms with Crippen molar-refractivity contribution in [3.05, 3.63) is 28.2 Å². The summed E-state index contributed by atoms with van der Waals surface area (Å²) < 4.78 is 28.0. The van der Waals surface area contributed by atoms with Gasteiger partial charge in [0.05, 0.1) is 11.5 Å². The molecular formula is C15H22BrNO3S. The Morgan fingerprint density at radius 1 is 1.38 bits per heavy atom. The Labute approximate surface area is 135 Å². The molecule has 0 radical (unpaired) electrons. The maximum atomic E-state index is 12.9. The lowest BCUT2D eigenvalue weighted by molar-refractivity contribution is 0.239. The highest BCUT2D eigenvalue weighted by Gasteiger charge is 2.33. The number of hydrogen-bond donors (Lipinski definition) is 1. The third-order valence-electron chi connectivity index (χ3n) is 3.96. The molecule has 1 fully saturated rings. The van der Waals surface area contributed by atoms with Gasteiger partial charge in [0.2, 0.25) is 10.0 Å². The molecule has 1 saturated heterocycles.